The van der Waals surface area contributed by atoms with E-state index in [1.54, 1.807) is 30.3 Å². The van der Waals surface area contributed by atoms with Crippen molar-refractivity contribution in [2.24, 2.45) is 4.99 Å². The van der Waals surface area contributed by atoms with Crippen LogP contribution in [0.5, 0.6) is 0 Å². The molecule has 5 aromatic rings. The van der Waals surface area contributed by atoms with Crippen LogP contribution in [0.3, 0.4) is 0 Å². The molecular weight excluding hydrogens is 503 g/mol. The Balaban J connectivity index is 1.75. The van der Waals surface area contributed by atoms with Gasteiger partial charge in [-0.25, -0.2) is 4.79 Å². The number of methoxy groups -OCH3 is 1. The van der Waals surface area contributed by atoms with Gasteiger partial charge in [0.1, 0.15) is 0 Å². The Morgan fingerprint density at radius 1 is 0.784 bits per heavy atom. The summed E-state index contributed by atoms with van der Waals surface area (Å²) in [6.45, 7) is 0. The summed E-state index contributed by atoms with van der Waals surface area (Å²) in [5, 5.41) is 1.05. The Hall–Kier alpha value is -4.12. The SMILES string of the molecule is COC(=O)c1ccc(-n2c(-c3ccccc3)cc(C=Nc3cc(Cl)cc(Cl)c3)c2-c2ccccc2)cc1. The number of halogens is 2. The highest BCUT2D eigenvalue weighted by atomic mass is 35.5. The summed E-state index contributed by atoms with van der Waals surface area (Å²) in [5.74, 6) is -0.376. The Labute approximate surface area is 225 Å². The number of hydrogen-bond acceptors (Lipinski definition) is 3. The van der Waals surface area contributed by atoms with E-state index in [0.29, 0.717) is 21.3 Å². The van der Waals surface area contributed by atoms with E-state index in [-0.39, 0.29) is 5.97 Å². The summed E-state index contributed by atoms with van der Waals surface area (Å²) in [7, 11) is 1.38. The van der Waals surface area contributed by atoms with Crippen molar-refractivity contribution in [3.63, 3.8) is 0 Å². The molecule has 0 spiro atoms. The number of hydrogen-bond donors (Lipinski definition) is 0. The fourth-order valence-corrected chi connectivity index (χ4v) is 4.75. The molecule has 0 saturated heterocycles. The zero-order valence-electron chi connectivity index (χ0n) is 19.9. The summed E-state index contributed by atoms with van der Waals surface area (Å²) in [4.78, 5) is 16.8. The molecule has 0 bridgehead atoms. The standard InChI is InChI=1S/C31H22Cl2N2O2/c1-37-31(36)23-12-14-28(15-13-23)35-29(21-8-4-2-5-9-21)16-24(30(35)22-10-6-3-7-11-22)20-34-27-18-25(32)17-26(33)19-27/h2-20H,1H3. The van der Waals surface area contributed by atoms with Gasteiger partial charge in [0.15, 0.2) is 0 Å². The minimum atomic E-state index is -0.376. The van der Waals surface area contributed by atoms with Gasteiger partial charge < -0.3 is 9.30 Å². The van der Waals surface area contributed by atoms with Crippen LogP contribution in [0.1, 0.15) is 15.9 Å². The zero-order valence-corrected chi connectivity index (χ0v) is 21.4. The number of benzene rings is 4. The topological polar surface area (TPSA) is 43.6 Å². The van der Waals surface area contributed by atoms with E-state index < -0.39 is 0 Å². The monoisotopic (exact) mass is 524 g/mol. The van der Waals surface area contributed by atoms with Crippen LogP contribution >= 0.6 is 23.2 Å². The van der Waals surface area contributed by atoms with Gasteiger partial charge in [0, 0.05) is 27.5 Å². The van der Waals surface area contributed by atoms with Crippen LogP contribution in [0.4, 0.5) is 5.69 Å². The lowest BCUT2D eigenvalue weighted by molar-refractivity contribution is 0.0600. The van der Waals surface area contributed by atoms with Gasteiger partial charge in [-0.3, -0.25) is 4.99 Å². The first-order valence-corrected chi connectivity index (χ1v) is 12.3. The number of ether oxygens (including phenoxy) is 1. The van der Waals surface area contributed by atoms with Crippen molar-refractivity contribution in [2.45, 2.75) is 0 Å². The van der Waals surface area contributed by atoms with Gasteiger partial charge in [-0.15, -0.1) is 0 Å². The molecule has 0 fully saturated rings. The number of nitrogens with zero attached hydrogens (tertiary/aromatic N) is 2. The zero-order chi connectivity index (χ0) is 25.8. The molecule has 0 N–H and O–H groups in total. The number of carbonyl (C=O) groups excluding carboxylic acids is 1. The molecule has 0 unspecified atom stereocenters. The highest BCUT2D eigenvalue weighted by molar-refractivity contribution is 6.35. The van der Waals surface area contributed by atoms with Gasteiger partial charge in [-0.1, -0.05) is 83.9 Å². The third kappa shape index (κ3) is 5.36. The smallest absolute Gasteiger partial charge is 0.337 e. The molecule has 37 heavy (non-hydrogen) atoms. The van der Waals surface area contributed by atoms with Crippen molar-refractivity contribution in [1.29, 1.82) is 0 Å². The predicted molar refractivity (Wildman–Crippen MR) is 152 cm³/mol. The second-order valence-electron chi connectivity index (χ2n) is 8.33. The van der Waals surface area contributed by atoms with E-state index in [1.807, 2.05) is 54.7 Å². The maximum absolute atomic E-state index is 12.0. The number of aromatic nitrogens is 1. The Morgan fingerprint density at radius 3 is 1.97 bits per heavy atom. The highest BCUT2D eigenvalue weighted by Gasteiger charge is 2.19. The molecule has 5 rings (SSSR count). The van der Waals surface area contributed by atoms with E-state index in [4.69, 9.17) is 32.9 Å². The van der Waals surface area contributed by atoms with Crippen molar-refractivity contribution in [1.82, 2.24) is 4.57 Å². The molecule has 182 valence electrons. The molecule has 0 aliphatic heterocycles. The van der Waals surface area contributed by atoms with E-state index in [2.05, 4.69) is 34.9 Å². The minimum absolute atomic E-state index is 0.376. The van der Waals surface area contributed by atoms with E-state index in [1.165, 1.54) is 7.11 Å². The average Bonchev–Trinajstić information content (AvgIpc) is 3.31. The van der Waals surface area contributed by atoms with Gasteiger partial charge in [-0.05, 0) is 59.7 Å². The normalized spacial score (nSPS) is 11.1. The van der Waals surface area contributed by atoms with Crippen LogP contribution in [0, 0.1) is 0 Å². The van der Waals surface area contributed by atoms with E-state index in [0.717, 1.165) is 33.8 Å². The minimum Gasteiger partial charge on any atom is -0.465 e. The van der Waals surface area contributed by atoms with Crippen LogP contribution < -0.4 is 0 Å². The number of aliphatic imine (C=N–C) groups is 1. The van der Waals surface area contributed by atoms with Crippen molar-refractivity contribution in [3.8, 4) is 28.2 Å². The quantitative estimate of drug-likeness (QED) is 0.165. The fraction of sp³-hybridized carbons (Fsp3) is 0.0323. The maximum Gasteiger partial charge on any atom is 0.337 e. The summed E-state index contributed by atoms with van der Waals surface area (Å²) >= 11 is 12.4. The molecule has 6 heteroatoms. The molecular formula is C31H22Cl2N2O2. The van der Waals surface area contributed by atoms with Gasteiger partial charge in [-0.2, -0.15) is 0 Å². The first kappa shape index (κ1) is 24.6. The molecule has 4 nitrogen and oxygen atoms in total. The highest BCUT2D eigenvalue weighted by Crippen LogP contribution is 2.36. The van der Waals surface area contributed by atoms with E-state index in [9.17, 15) is 4.79 Å². The lowest BCUT2D eigenvalue weighted by Crippen LogP contribution is -2.03. The second kappa shape index (κ2) is 10.9. The first-order chi connectivity index (χ1) is 18.0. The van der Waals surface area contributed by atoms with Gasteiger partial charge in [0.25, 0.3) is 0 Å². The Kier molecular flexibility index (Phi) is 7.22. The molecule has 1 aromatic heterocycles. The first-order valence-electron chi connectivity index (χ1n) is 11.6. The maximum atomic E-state index is 12.0. The van der Waals surface area contributed by atoms with Crippen LogP contribution in [0.25, 0.3) is 28.2 Å². The summed E-state index contributed by atoms with van der Waals surface area (Å²) in [6.07, 6.45) is 1.83. The molecule has 0 aliphatic rings. The van der Waals surface area contributed by atoms with Crippen LogP contribution in [0.2, 0.25) is 10.0 Å². The van der Waals surface area contributed by atoms with Crippen LogP contribution in [-0.4, -0.2) is 23.9 Å². The Morgan fingerprint density at radius 2 is 1.38 bits per heavy atom. The van der Waals surface area contributed by atoms with Gasteiger partial charge in [0.2, 0.25) is 0 Å². The van der Waals surface area contributed by atoms with Crippen molar-refractivity contribution in [2.75, 3.05) is 7.11 Å². The summed E-state index contributed by atoms with van der Waals surface area (Å²) < 4.78 is 7.06. The fourth-order valence-electron chi connectivity index (χ4n) is 4.23. The number of rotatable bonds is 6. The molecule has 0 atom stereocenters. The third-order valence-corrected chi connectivity index (χ3v) is 6.33. The van der Waals surface area contributed by atoms with Crippen molar-refractivity contribution in [3.05, 3.63) is 130 Å². The molecule has 0 saturated carbocycles. The van der Waals surface area contributed by atoms with Crippen molar-refractivity contribution >= 4 is 41.1 Å². The third-order valence-electron chi connectivity index (χ3n) is 5.89. The Bertz CT molecular complexity index is 1560. The van der Waals surface area contributed by atoms with Gasteiger partial charge in [0.05, 0.1) is 29.7 Å². The second-order valence-corrected chi connectivity index (χ2v) is 9.20. The molecule has 4 aromatic carbocycles. The molecule has 0 aliphatic carbocycles. The summed E-state index contributed by atoms with van der Waals surface area (Å²) in [6, 6.07) is 35.0. The van der Waals surface area contributed by atoms with Gasteiger partial charge >= 0.3 is 5.97 Å². The molecule has 0 radical (unpaired) electrons. The molecule has 0 amide bonds. The summed E-state index contributed by atoms with van der Waals surface area (Å²) in [5.41, 5.74) is 6.97. The molecule has 1 heterocycles. The lowest BCUT2D eigenvalue weighted by atomic mass is 10.1. The van der Waals surface area contributed by atoms with E-state index >= 15 is 0 Å². The largest absolute Gasteiger partial charge is 0.465 e. The predicted octanol–water partition coefficient (Wildman–Crippen LogP) is 8.66. The number of carbonyl (C=O) groups is 1. The van der Waals surface area contributed by atoms with Crippen LogP contribution in [-0.2, 0) is 4.74 Å². The van der Waals surface area contributed by atoms with Crippen molar-refractivity contribution < 1.29 is 9.53 Å². The number of esters is 1. The van der Waals surface area contributed by atoms with Crippen LogP contribution in [0.15, 0.2) is 114 Å². The lowest BCUT2D eigenvalue weighted by Gasteiger charge is -2.15. The average molecular weight is 525 g/mol.